The van der Waals surface area contributed by atoms with Gasteiger partial charge >= 0.3 is 0 Å². The van der Waals surface area contributed by atoms with Gasteiger partial charge in [0.2, 0.25) is 0 Å². The minimum Gasteiger partial charge on any atom is -0.508 e. The van der Waals surface area contributed by atoms with E-state index in [0.29, 0.717) is 23.4 Å². The first-order valence-electron chi connectivity index (χ1n) is 12.7. The molecule has 0 radical (unpaired) electrons. The molecule has 3 heterocycles. The Bertz CT molecular complexity index is 988. The summed E-state index contributed by atoms with van der Waals surface area (Å²) in [7, 11) is 0. The summed E-state index contributed by atoms with van der Waals surface area (Å²) >= 11 is 0. The smallest absolute Gasteiger partial charge is 0.265 e. The number of benzene rings is 2. The van der Waals surface area contributed by atoms with E-state index < -0.39 is 0 Å². The normalized spacial score (nSPS) is 24.6. The Morgan fingerprint density at radius 3 is 2.38 bits per heavy atom. The lowest BCUT2D eigenvalue weighted by Gasteiger charge is -2.53. The fourth-order valence-electron chi connectivity index (χ4n) is 6.07. The predicted molar refractivity (Wildman–Crippen MR) is 135 cm³/mol. The zero-order chi connectivity index (χ0) is 23.5. The summed E-state index contributed by atoms with van der Waals surface area (Å²) in [6, 6.07) is 16.7. The average Bonchev–Trinajstić information content (AvgIpc) is 3.33. The van der Waals surface area contributed by atoms with E-state index in [1.807, 2.05) is 35.4 Å². The first-order valence-corrected chi connectivity index (χ1v) is 12.7. The maximum absolute atomic E-state index is 12.7. The first kappa shape index (κ1) is 23.1. The number of rotatable bonds is 7. The van der Waals surface area contributed by atoms with E-state index in [1.54, 1.807) is 6.07 Å². The molecule has 2 aromatic rings. The van der Waals surface area contributed by atoms with Crippen molar-refractivity contribution < 1.29 is 9.90 Å². The summed E-state index contributed by atoms with van der Waals surface area (Å²) in [6.07, 6.45) is 7.88. The van der Waals surface area contributed by atoms with Crippen LogP contribution in [-0.4, -0.2) is 70.6 Å². The zero-order valence-electron chi connectivity index (χ0n) is 19.9. The fraction of sp³-hybridized carbons (Fsp3) is 0.464. The number of nitrogens with one attached hydrogen (secondary N) is 1. The van der Waals surface area contributed by atoms with Crippen molar-refractivity contribution in [1.29, 1.82) is 0 Å². The molecule has 3 aliphatic rings. The first-order chi connectivity index (χ1) is 16.6. The average molecular weight is 461 g/mol. The van der Waals surface area contributed by atoms with E-state index in [2.05, 4.69) is 40.0 Å². The predicted octanol–water partition coefficient (Wildman–Crippen LogP) is 3.95. The summed E-state index contributed by atoms with van der Waals surface area (Å²) in [6.45, 7) is 8.79. The second-order valence-electron chi connectivity index (χ2n) is 9.95. The number of hydrazine groups is 1. The highest BCUT2D eigenvalue weighted by atomic mass is 16.3. The van der Waals surface area contributed by atoms with Crippen LogP contribution in [0.1, 0.15) is 59.6 Å². The van der Waals surface area contributed by atoms with Crippen LogP contribution in [0.25, 0.3) is 0 Å². The lowest BCUT2D eigenvalue weighted by atomic mass is 9.85. The van der Waals surface area contributed by atoms with Crippen molar-refractivity contribution in [2.24, 2.45) is 0 Å². The second-order valence-corrected chi connectivity index (χ2v) is 9.95. The molecule has 0 spiro atoms. The molecule has 3 atom stereocenters. The fourth-order valence-corrected chi connectivity index (χ4v) is 6.07. The maximum atomic E-state index is 12.7. The number of phenolic OH excluding ortho intramolecular Hbond substituents is 1. The number of carbonyl (C=O) groups is 1. The molecule has 2 aromatic carbocycles. The molecule has 34 heavy (non-hydrogen) atoms. The second kappa shape index (κ2) is 10.3. The number of piperidine rings is 1. The van der Waals surface area contributed by atoms with Gasteiger partial charge in [0.05, 0.1) is 6.04 Å². The zero-order valence-corrected chi connectivity index (χ0v) is 19.9. The number of hydrogen-bond donors (Lipinski definition) is 2. The van der Waals surface area contributed by atoms with Crippen LogP contribution in [0.2, 0.25) is 0 Å². The number of hydrogen-bond acceptors (Lipinski definition) is 5. The van der Waals surface area contributed by atoms with Crippen LogP contribution in [0.15, 0.2) is 61.2 Å². The van der Waals surface area contributed by atoms with Crippen LogP contribution in [0.4, 0.5) is 0 Å². The van der Waals surface area contributed by atoms with Gasteiger partial charge in [-0.25, -0.2) is 5.01 Å². The van der Waals surface area contributed by atoms with E-state index in [0.717, 1.165) is 56.7 Å². The highest BCUT2D eigenvalue weighted by molar-refractivity contribution is 5.93. The van der Waals surface area contributed by atoms with Crippen molar-refractivity contribution in [1.82, 2.24) is 20.2 Å². The van der Waals surface area contributed by atoms with E-state index >= 15 is 0 Å². The summed E-state index contributed by atoms with van der Waals surface area (Å²) in [5.41, 5.74) is 5.98. The Balaban J connectivity index is 1.44. The Labute approximate surface area is 202 Å². The molecular weight excluding hydrogens is 424 g/mol. The minimum absolute atomic E-state index is 0.0442. The highest BCUT2D eigenvalue weighted by Gasteiger charge is 2.41. The van der Waals surface area contributed by atoms with Crippen molar-refractivity contribution in [3.8, 4) is 5.75 Å². The van der Waals surface area contributed by atoms with Gasteiger partial charge in [0.15, 0.2) is 0 Å². The number of fused-ring (bicyclic) bond motifs is 2. The molecule has 6 nitrogen and oxygen atoms in total. The van der Waals surface area contributed by atoms with Gasteiger partial charge in [-0.15, -0.1) is 6.58 Å². The number of nitrogens with zero attached hydrogens (tertiary/aromatic N) is 3. The molecule has 3 aliphatic heterocycles. The lowest BCUT2D eigenvalue weighted by molar-refractivity contribution is -0.0250. The Kier molecular flexibility index (Phi) is 6.99. The van der Waals surface area contributed by atoms with Crippen molar-refractivity contribution in [3.63, 3.8) is 0 Å². The van der Waals surface area contributed by atoms with Gasteiger partial charge < -0.3 is 5.11 Å². The Morgan fingerprint density at radius 2 is 1.74 bits per heavy atom. The van der Waals surface area contributed by atoms with Gasteiger partial charge in [-0.05, 0) is 61.1 Å². The molecule has 3 fully saturated rings. The Morgan fingerprint density at radius 1 is 1.03 bits per heavy atom. The SMILES string of the molecule is C=CCN1CC2CCCC(C1)N2C(c1ccc(C(=O)NN2CCCC2)cc1)c1cccc(O)c1. The van der Waals surface area contributed by atoms with E-state index in [1.165, 1.54) is 19.3 Å². The number of aromatic hydroxyl groups is 1. The van der Waals surface area contributed by atoms with Crippen LogP contribution in [-0.2, 0) is 0 Å². The summed E-state index contributed by atoms with van der Waals surface area (Å²) in [5.74, 6) is 0.247. The number of amides is 1. The van der Waals surface area contributed by atoms with E-state index in [4.69, 9.17) is 0 Å². The molecule has 2 bridgehead atoms. The van der Waals surface area contributed by atoms with Gasteiger partial charge in [0.1, 0.15) is 5.75 Å². The molecule has 0 saturated carbocycles. The molecule has 3 saturated heterocycles. The molecule has 0 aromatic heterocycles. The molecule has 180 valence electrons. The molecule has 3 unspecified atom stereocenters. The van der Waals surface area contributed by atoms with Crippen LogP contribution in [0.3, 0.4) is 0 Å². The third-order valence-corrected chi connectivity index (χ3v) is 7.58. The standard InChI is InChI=1S/C28H36N4O2/c1-2-15-30-19-24-8-6-9-25(20-30)32(24)27(23-7-5-10-26(33)18-23)21-11-13-22(14-12-21)28(34)29-31-16-3-4-17-31/h2,5,7,10-14,18,24-25,27,33H,1,3-4,6,8-9,15-17,19-20H2,(H,29,34). The molecule has 5 rings (SSSR count). The highest BCUT2D eigenvalue weighted by Crippen LogP contribution is 2.40. The maximum Gasteiger partial charge on any atom is 0.265 e. The minimum atomic E-state index is -0.0442. The molecule has 0 aliphatic carbocycles. The third-order valence-electron chi connectivity index (χ3n) is 7.58. The summed E-state index contributed by atoms with van der Waals surface area (Å²) in [5, 5.41) is 12.3. The summed E-state index contributed by atoms with van der Waals surface area (Å²) in [4.78, 5) is 17.9. The van der Waals surface area contributed by atoms with Crippen LogP contribution in [0, 0.1) is 0 Å². The van der Waals surface area contributed by atoms with Crippen LogP contribution in [0.5, 0.6) is 5.75 Å². The monoisotopic (exact) mass is 460 g/mol. The van der Waals surface area contributed by atoms with Gasteiger partial charge in [0.25, 0.3) is 5.91 Å². The molecule has 1 amide bonds. The van der Waals surface area contributed by atoms with Gasteiger partial charge in [-0.1, -0.05) is 36.8 Å². The number of piperazine rings is 1. The van der Waals surface area contributed by atoms with Crippen LogP contribution >= 0.6 is 0 Å². The van der Waals surface area contributed by atoms with Gasteiger partial charge in [-0.2, -0.15) is 0 Å². The van der Waals surface area contributed by atoms with Crippen molar-refractivity contribution >= 4 is 5.91 Å². The molecule has 2 N–H and O–H groups in total. The quantitative estimate of drug-likeness (QED) is 0.613. The molecular formula is C28H36N4O2. The van der Waals surface area contributed by atoms with Gasteiger partial charge in [-0.3, -0.25) is 20.0 Å². The van der Waals surface area contributed by atoms with Crippen molar-refractivity contribution in [3.05, 3.63) is 77.9 Å². The van der Waals surface area contributed by atoms with Gasteiger partial charge in [0, 0.05) is 50.4 Å². The third kappa shape index (κ3) is 4.90. The largest absolute Gasteiger partial charge is 0.508 e. The lowest BCUT2D eigenvalue weighted by Crippen LogP contribution is -2.61. The van der Waals surface area contributed by atoms with Crippen molar-refractivity contribution in [2.75, 3.05) is 32.7 Å². The Hall–Kier alpha value is -2.67. The van der Waals surface area contributed by atoms with Crippen LogP contribution < -0.4 is 5.43 Å². The number of carbonyl (C=O) groups excluding carboxylic acids is 1. The molecule has 6 heteroatoms. The van der Waals surface area contributed by atoms with Crippen molar-refractivity contribution in [2.45, 2.75) is 50.2 Å². The topological polar surface area (TPSA) is 59.0 Å². The summed E-state index contributed by atoms with van der Waals surface area (Å²) < 4.78 is 0. The number of phenols is 1. The van der Waals surface area contributed by atoms with E-state index in [9.17, 15) is 9.90 Å². The number of likely N-dealkylation sites (tertiary alicyclic amines) is 1. The van der Waals surface area contributed by atoms with E-state index in [-0.39, 0.29) is 11.9 Å².